The van der Waals surface area contributed by atoms with Crippen LogP contribution in [0.5, 0.6) is 0 Å². The van der Waals surface area contributed by atoms with Gasteiger partial charge in [0.15, 0.2) is 0 Å². The third-order valence-electron chi connectivity index (χ3n) is 14.0. The maximum atomic E-state index is 13.7. The minimum Gasteiger partial charge on any atom is -0.379 e. The molecule has 1 rings (SSSR count). The summed E-state index contributed by atoms with van der Waals surface area (Å²) in [6.45, 7) is 9.34. The minimum atomic E-state index is -1.21. The molecule has 9 amide bonds. The van der Waals surface area contributed by atoms with E-state index in [1.54, 1.807) is 0 Å². The van der Waals surface area contributed by atoms with E-state index in [0.29, 0.717) is 197 Å². The van der Waals surface area contributed by atoms with Gasteiger partial charge >= 0.3 is 0 Å². The van der Waals surface area contributed by atoms with Crippen molar-refractivity contribution in [2.75, 3.05) is 257 Å². The summed E-state index contributed by atoms with van der Waals surface area (Å²) in [6, 6.07) is -3.62. The standard InChI is InChI=1S/C63H114N18O24/c64-79-73-16-22-94-28-34-100-40-46-103-43-37-97-31-25-91-19-10-55(82)67-13-4-1-7-52-61(88)70-50-59(86)77-54(9-3-6-15-69-57(84)12-21-93-27-33-99-39-45-105-48-42-102-36-30-96-24-18-75-81-66)63(90)72-51-60(87)78-53(62(89)71-49-58(85)76-52)8-2-5-14-68-56(83)11-20-92-26-32-98-38-44-104-47-41-101-35-29-95-23-17-74-80-65/h52-54H,1-51H2,(H,67,82)(H,68,83)(H,69,84)(H,70,88)(H,71,89)(H,72,90)(H,76,85)(H,77,86)(H,78,87)/t52-,53-,54-/m0/s1. The number of rotatable bonds is 69. The van der Waals surface area contributed by atoms with Crippen LogP contribution in [0.3, 0.4) is 0 Å². The number of hydrogen-bond donors (Lipinski definition) is 9. The Hall–Kier alpha value is -7.44. The normalized spacial score (nSPS) is 15.3. The molecule has 105 heavy (non-hydrogen) atoms. The molecule has 0 bridgehead atoms. The van der Waals surface area contributed by atoms with Crippen molar-refractivity contribution < 1.29 is 114 Å². The zero-order valence-corrected chi connectivity index (χ0v) is 60.6. The molecule has 1 aliphatic heterocycles. The van der Waals surface area contributed by atoms with Crippen LogP contribution < -0.4 is 47.9 Å². The fourth-order valence-corrected chi connectivity index (χ4v) is 8.67. The van der Waals surface area contributed by atoms with E-state index in [4.69, 9.17) is 87.6 Å². The molecule has 0 aliphatic carbocycles. The number of carbonyl (C=O) groups is 9. The number of hydrogen-bond acceptors (Lipinski definition) is 27. The molecule has 9 N–H and O–H groups in total. The van der Waals surface area contributed by atoms with Gasteiger partial charge in [0, 0.05) is 73.3 Å². The quantitative estimate of drug-likeness (QED) is 0.0153. The first kappa shape index (κ1) is 95.6. The molecule has 3 atom stereocenters. The predicted molar refractivity (Wildman–Crippen MR) is 374 cm³/mol. The highest BCUT2D eigenvalue weighted by Crippen LogP contribution is 2.06. The third kappa shape index (κ3) is 64.7. The maximum Gasteiger partial charge on any atom is 0.243 e. The summed E-state index contributed by atoms with van der Waals surface area (Å²) >= 11 is 0. The van der Waals surface area contributed by atoms with Crippen molar-refractivity contribution >= 4 is 53.2 Å². The molecule has 0 saturated carbocycles. The largest absolute Gasteiger partial charge is 0.379 e. The van der Waals surface area contributed by atoms with Gasteiger partial charge in [-0.1, -0.05) is 15.3 Å². The van der Waals surface area contributed by atoms with Crippen LogP contribution in [0.25, 0.3) is 31.3 Å². The van der Waals surface area contributed by atoms with Crippen molar-refractivity contribution in [1.82, 2.24) is 47.9 Å². The first-order valence-corrected chi connectivity index (χ1v) is 35.6. The molecule has 600 valence electrons. The predicted octanol–water partition coefficient (Wildman–Crippen LogP) is -0.987. The summed E-state index contributed by atoms with van der Waals surface area (Å²) in [5.74, 6) is -5.31. The topological polar surface area (TPSA) is 547 Å². The van der Waals surface area contributed by atoms with Crippen LogP contribution in [-0.4, -0.2) is 328 Å². The van der Waals surface area contributed by atoms with Crippen LogP contribution in [-0.2, 0) is 114 Å². The van der Waals surface area contributed by atoms with Crippen LogP contribution in [0.15, 0.2) is 15.3 Å². The van der Waals surface area contributed by atoms with Gasteiger partial charge in [-0.25, -0.2) is 0 Å². The van der Waals surface area contributed by atoms with E-state index in [1.165, 1.54) is 0 Å². The van der Waals surface area contributed by atoms with E-state index in [9.17, 15) is 43.2 Å². The summed E-state index contributed by atoms with van der Waals surface area (Å²) in [6.07, 6.45) is 2.52. The highest BCUT2D eigenvalue weighted by atomic mass is 16.6. The Bertz CT molecular complexity index is 2200. The molecule has 1 fully saturated rings. The van der Waals surface area contributed by atoms with Gasteiger partial charge in [-0.05, 0) is 74.4 Å². The van der Waals surface area contributed by atoms with Gasteiger partial charge in [-0.2, -0.15) is 0 Å². The molecule has 0 spiro atoms. The van der Waals surface area contributed by atoms with Gasteiger partial charge in [0.25, 0.3) is 0 Å². The molecule has 1 saturated heterocycles. The molecule has 0 aromatic heterocycles. The van der Waals surface area contributed by atoms with E-state index >= 15 is 0 Å². The Morgan fingerprint density at radius 2 is 0.495 bits per heavy atom. The molecule has 42 nitrogen and oxygen atoms in total. The molecule has 1 heterocycles. The molecule has 1 aliphatic rings. The van der Waals surface area contributed by atoms with Gasteiger partial charge in [-0.15, -0.1) is 0 Å². The van der Waals surface area contributed by atoms with Crippen molar-refractivity contribution in [3.8, 4) is 0 Å². The summed E-state index contributed by atoms with van der Waals surface area (Å²) in [4.78, 5) is 127. The number of azide groups is 3. The van der Waals surface area contributed by atoms with Gasteiger partial charge in [0.05, 0.1) is 218 Å². The van der Waals surface area contributed by atoms with Crippen molar-refractivity contribution in [1.29, 1.82) is 0 Å². The number of unbranched alkanes of at least 4 members (excludes halogenated alkanes) is 3. The SMILES string of the molecule is [N-]=[N+]=NCCOCCOCCOCCOCCOCCC(=O)NCCCC[C@@H]1NC(=O)CNC(=O)[C@H](CCCCNC(=O)CCOCCOCCOCCOCCOCCN=[N+]=[N-])NC(=O)CNC(=O)[C@H](CCCCNC(=O)CCOCCOCCOCCOCCOCCN=[N+]=[N-])NC(=O)CNC1=O. The van der Waals surface area contributed by atoms with E-state index in [0.717, 1.165) is 0 Å². The Labute approximate surface area is 612 Å². The summed E-state index contributed by atoms with van der Waals surface area (Å²) in [5, 5.41) is 33.8. The van der Waals surface area contributed by atoms with E-state index < -0.39 is 73.2 Å². The second kappa shape index (κ2) is 73.5. The number of nitrogens with one attached hydrogen (secondary N) is 9. The van der Waals surface area contributed by atoms with Gasteiger partial charge in [-0.3, -0.25) is 43.2 Å². The zero-order valence-electron chi connectivity index (χ0n) is 60.6. The van der Waals surface area contributed by atoms with Crippen LogP contribution in [0.2, 0.25) is 0 Å². The lowest BCUT2D eigenvalue weighted by atomic mass is 10.1. The lowest BCUT2D eigenvalue weighted by Crippen LogP contribution is -2.56. The molecule has 0 aromatic carbocycles. The van der Waals surface area contributed by atoms with E-state index in [1.807, 2.05) is 0 Å². The molecule has 0 radical (unpaired) electrons. The fraction of sp³-hybridized carbons (Fsp3) is 0.857. The summed E-state index contributed by atoms with van der Waals surface area (Å²) in [7, 11) is 0. The Balaban J connectivity index is 2.72. The van der Waals surface area contributed by atoms with Gasteiger partial charge in [0.2, 0.25) is 53.2 Å². The smallest absolute Gasteiger partial charge is 0.243 e. The summed E-state index contributed by atoms with van der Waals surface area (Å²) < 4.78 is 81.2. The van der Waals surface area contributed by atoms with Crippen LogP contribution in [0.1, 0.15) is 77.0 Å². The lowest BCUT2D eigenvalue weighted by molar-refractivity contribution is -0.133. The van der Waals surface area contributed by atoms with Crippen molar-refractivity contribution in [3.05, 3.63) is 31.3 Å². The number of nitrogens with zero attached hydrogens (tertiary/aromatic N) is 9. The first-order chi connectivity index (χ1) is 51.4. The van der Waals surface area contributed by atoms with Gasteiger partial charge < -0.3 is 119 Å². The average molecular weight is 1510 g/mol. The number of ether oxygens (including phenoxy) is 15. The molecule has 0 aromatic rings. The van der Waals surface area contributed by atoms with Crippen molar-refractivity contribution in [2.45, 2.75) is 95.2 Å². The molecular formula is C63H114N18O24. The van der Waals surface area contributed by atoms with Crippen molar-refractivity contribution in [3.63, 3.8) is 0 Å². The Morgan fingerprint density at radius 3 is 0.695 bits per heavy atom. The minimum absolute atomic E-state index is 0.0550. The van der Waals surface area contributed by atoms with Gasteiger partial charge in [0.1, 0.15) is 18.1 Å². The number of amides is 9. The van der Waals surface area contributed by atoms with Crippen LogP contribution >= 0.6 is 0 Å². The second-order valence-corrected chi connectivity index (χ2v) is 22.3. The molecule has 42 heteroatoms. The second-order valence-electron chi connectivity index (χ2n) is 22.3. The highest BCUT2D eigenvalue weighted by Gasteiger charge is 2.27. The van der Waals surface area contributed by atoms with E-state index in [-0.39, 0.29) is 135 Å². The maximum absolute atomic E-state index is 13.7. The Morgan fingerprint density at radius 1 is 0.305 bits per heavy atom. The van der Waals surface area contributed by atoms with E-state index in [2.05, 4.69) is 77.9 Å². The summed E-state index contributed by atoms with van der Waals surface area (Å²) in [5.41, 5.74) is 24.7. The Kier molecular flexibility index (Phi) is 66.9. The third-order valence-corrected chi connectivity index (χ3v) is 14.0. The first-order valence-electron chi connectivity index (χ1n) is 35.6. The fourth-order valence-electron chi connectivity index (χ4n) is 8.67. The highest BCUT2D eigenvalue weighted by molar-refractivity contribution is 5.96. The van der Waals surface area contributed by atoms with Crippen molar-refractivity contribution in [2.24, 2.45) is 15.3 Å². The monoisotopic (exact) mass is 1510 g/mol. The van der Waals surface area contributed by atoms with Crippen LogP contribution in [0, 0.1) is 0 Å². The molecular weight excluding hydrogens is 1390 g/mol. The zero-order chi connectivity index (χ0) is 76.2. The average Bonchev–Trinajstić information content (AvgIpc) is 0.906. The lowest BCUT2D eigenvalue weighted by Gasteiger charge is -2.22. The molecule has 0 unspecified atom stereocenters. The van der Waals surface area contributed by atoms with Crippen LogP contribution in [0.4, 0.5) is 0 Å². The number of carbonyl (C=O) groups excluding carboxylic acids is 9.